The number of rotatable bonds is 2. The van der Waals surface area contributed by atoms with Crippen molar-refractivity contribution in [2.24, 2.45) is 0 Å². The Morgan fingerprint density at radius 1 is 1.23 bits per heavy atom. The van der Waals surface area contributed by atoms with Gasteiger partial charge < -0.3 is 0 Å². The minimum atomic E-state index is -4.11. The molecule has 0 aliphatic carbocycles. The number of benzene rings is 1. The normalized spacial score (nSPS) is 11.7. The molecule has 0 radical (unpaired) electrons. The molecular weight excluding hydrogens is 251 g/mol. The van der Waals surface area contributed by atoms with Crippen LogP contribution in [0.25, 0.3) is 0 Å². The van der Waals surface area contributed by atoms with Gasteiger partial charge in [-0.15, -0.1) is 0 Å². The van der Waals surface area contributed by atoms with Crippen LogP contribution >= 0.6 is 0 Å². The minimum absolute atomic E-state index is 0.103. The zero-order chi connectivity index (χ0) is 9.90. The fourth-order valence-corrected chi connectivity index (χ4v) is 1.86. The summed E-state index contributed by atoms with van der Waals surface area (Å²) in [5.74, 6) is -0.490. The van der Waals surface area contributed by atoms with Crippen LogP contribution in [0.3, 0.4) is 0 Å². The fourth-order valence-electron chi connectivity index (χ4n) is 0.792. The molecule has 1 aromatic carbocycles. The van der Waals surface area contributed by atoms with Gasteiger partial charge in [-0.25, -0.2) is 0 Å². The van der Waals surface area contributed by atoms with Gasteiger partial charge in [0.05, 0.1) is 0 Å². The topological polar surface area (TPSA) is 0 Å². The summed E-state index contributed by atoms with van der Waals surface area (Å²) in [6.07, 6.45) is 0. The molecule has 0 unspecified atom stereocenters. The van der Waals surface area contributed by atoms with Crippen molar-refractivity contribution in [3.8, 4) is 0 Å². The number of hydrogen-bond donors (Lipinski definition) is 0. The molecule has 0 atom stereocenters. The molecule has 0 bridgehead atoms. The fraction of sp³-hybridized carbons (Fsp3) is 0.250. The zero-order valence-electron chi connectivity index (χ0n) is 6.44. The summed E-state index contributed by atoms with van der Waals surface area (Å²) in [6.45, 7) is 0. The van der Waals surface area contributed by atoms with E-state index in [4.69, 9.17) is 0 Å². The van der Waals surface area contributed by atoms with E-state index in [0.29, 0.717) is 5.56 Å². The van der Waals surface area contributed by atoms with Crippen LogP contribution in [-0.4, -0.2) is 20.0 Å². The van der Waals surface area contributed by atoms with Gasteiger partial charge in [0.15, 0.2) is 0 Å². The summed E-state index contributed by atoms with van der Waals surface area (Å²) < 4.78 is 47.8. The van der Waals surface area contributed by atoms with E-state index in [2.05, 4.69) is 0 Å². The molecule has 0 nitrogen and oxygen atoms in total. The van der Waals surface area contributed by atoms with Crippen LogP contribution in [-0.2, 0) is 5.32 Å². The summed E-state index contributed by atoms with van der Waals surface area (Å²) in [6, 6.07) is 5.26. The van der Waals surface area contributed by atoms with Crippen molar-refractivity contribution in [3.63, 3.8) is 0 Å². The second-order valence-corrected chi connectivity index (χ2v) is 4.55. The Balaban J connectivity index is 2.55. The van der Waals surface area contributed by atoms with Crippen LogP contribution in [0, 0.1) is 5.82 Å². The van der Waals surface area contributed by atoms with E-state index in [0.717, 1.165) is 6.07 Å². The van der Waals surface area contributed by atoms with Crippen molar-refractivity contribution < 1.29 is 17.6 Å². The molecule has 72 valence electrons. The summed E-state index contributed by atoms with van der Waals surface area (Å²) in [7, 11) is 0. The number of alkyl halides is 3. The molecular formula is C8H6F4Se. The molecule has 1 rings (SSSR count). The molecule has 1 aromatic rings. The Labute approximate surface area is 79.1 Å². The second-order valence-electron chi connectivity index (χ2n) is 2.36. The van der Waals surface area contributed by atoms with Crippen LogP contribution in [0.5, 0.6) is 0 Å². The Bertz CT molecular complexity index is 282. The van der Waals surface area contributed by atoms with Gasteiger partial charge in [-0.3, -0.25) is 0 Å². The van der Waals surface area contributed by atoms with E-state index in [1.54, 1.807) is 0 Å². The summed E-state index contributed by atoms with van der Waals surface area (Å²) in [5, 5.41) is -4.21. The molecule has 0 aliphatic rings. The van der Waals surface area contributed by atoms with Crippen molar-refractivity contribution in [1.29, 1.82) is 0 Å². The predicted molar refractivity (Wildman–Crippen MR) is 41.9 cm³/mol. The van der Waals surface area contributed by atoms with Crippen LogP contribution in [0.2, 0.25) is 0 Å². The number of hydrogen-bond acceptors (Lipinski definition) is 0. The molecule has 0 aromatic heterocycles. The SMILES string of the molecule is Fc1cccc(C[Se]C(F)(F)F)c1. The van der Waals surface area contributed by atoms with E-state index >= 15 is 0 Å². The molecule has 0 saturated heterocycles. The maximum absolute atomic E-state index is 12.5. The summed E-state index contributed by atoms with van der Waals surface area (Å²) in [4.78, 5) is 0. The van der Waals surface area contributed by atoms with Crippen molar-refractivity contribution in [2.45, 2.75) is 10.4 Å². The van der Waals surface area contributed by atoms with Gasteiger partial charge in [-0.2, -0.15) is 0 Å². The molecule has 0 saturated carbocycles. The van der Waals surface area contributed by atoms with E-state index < -0.39 is 25.8 Å². The third kappa shape index (κ3) is 4.29. The molecule has 0 amide bonds. The first-order valence-electron chi connectivity index (χ1n) is 3.42. The first-order chi connectivity index (χ1) is 5.97. The van der Waals surface area contributed by atoms with Crippen molar-refractivity contribution >= 4 is 15.0 Å². The average Bonchev–Trinajstić information content (AvgIpc) is 2.00. The molecule has 0 spiro atoms. The van der Waals surface area contributed by atoms with Gasteiger partial charge in [-0.05, 0) is 0 Å². The summed E-state index contributed by atoms with van der Waals surface area (Å²) >= 11 is -1.46. The molecule has 0 aliphatic heterocycles. The monoisotopic (exact) mass is 258 g/mol. The van der Waals surface area contributed by atoms with Crippen LogP contribution < -0.4 is 0 Å². The Kier molecular flexibility index (Phi) is 3.33. The molecule has 5 heteroatoms. The van der Waals surface area contributed by atoms with Crippen molar-refractivity contribution in [1.82, 2.24) is 0 Å². The van der Waals surface area contributed by atoms with Crippen LogP contribution in [0.15, 0.2) is 24.3 Å². The third-order valence-corrected chi connectivity index (χ3v) is 2.98. The number of halogens is 4. The Morgan fingerprint density at radius 3 is 2.46 bits per heavy atom. The third-order valence-electron chi connectivity index (χ3n) is 1.29. The van der Waals surface area contributed by atoms with Crippen molar-refractivity contribution in [2.75, 3.05) is 0 Å². The molecule has 13 heavy (non-hydrogen) atoms. The first-order valence-corrected chi connectivity index (χ1v) is 5.49. The van der Waals surface area contributed by atoms with E-state index in [-0.39, 0.29) is 5.32 Å². The second kappa shape index (κ2) is 4.11. The van der Waals surface area contributed by atoms with Gasteiger partial charge in [-0.1, -0.05) is 0 Å². The van der Waals surface area contributed by atoms with Gasteiger partial charge in [0.1, 0.15) is 0 Å². The summed E-state index contributed by atoms with van der Waals surface area (Å²) in [5.41, 5.74) is 0.400. The Hall–Kier alpha value is -0.541. The van der Waals surface area contributed by atoms with Gasteiger partial charge in [0.25, 0.3) is 0 Å². The van der Waals surface area contributed by atoms with Gasteiger partial charge in [0.2, 0.25) is 0 Å². The molecule has 0 fully saturated rings. The Morgan fingerprint density at radius 2 is 1.92 bits per heavy atom. The molecule has 0 N–H and O–H groups in total. The van der Waals surface area contributed by atoms with Crippen LogP contribution in [0.4, 0.5) is 17.6 Å². The van der Waals surface area contributed by atoms with Gasteiger partial charge in [0, 0.05) is 0 Å². The zero-order valence-corrected chi connectivity index (χ0v) is 8.15. The predicted octanol–water partition coefficient (Wildman–Crippen LogP) is 2.55. The standard InChI is InChI=1S/C8H6F4Se/c9-7-3-1-2-6(4-7)5-13-8(10,11)12/h1-4H,5H2. The van der Waals surface area contributed by atoms with E-state index in [1.807, 2.05) is 0 Å². The average molecular weight is 257 g/mol. The van der Waals surface area contributed by atoms with Gasteiger partial charge >= 0.3 is 78.6 Å². The van der Waals surface area contributed by atoms with Crippen molar-refractivity contribution in [3.05, 3.63) is 35.6 Å². The molecule has 0 heterocycles. The van der Waals surface area contributed by atoms with E-state index in [1.165, 1.54) is 18.2 Å². The first kappa shape index (κ1) is 10.5. The maximum atomic E-state index is 12.5. The van der Waals surface area contributed by atoms with Crippen LogP contribution in [0.1, 0.15) is 5.56 Å². The van der Waals surface area contributed by atoms with E-state index in [9.17, 15) is 17.6 Å². The quantitative estimate of drug-likeness (QED) is 0.564.